The Morgan fingerprint density at radius 2 is 1.95 bits per heavy atom. The molecule has 21 heavy (non-hydrogen) atoms. The summed E-state index contributed by atoms with van der Waals surface area (Å²) < 4.78 is 0. The molecule has 0 spiro atoms. The molecule has 0 aromatic rings. The van der Waals surface area contributed by atoms with Crippen LogP contribution in [0.1, 0.15) is 64.7 Å². The van der Waals surface area contributed by atoms with Crippen LogP contribution in [0, 0.1) is 11.8 Å². The number of rotatable bonds is 6. The Morgan fingerprint density at radius 3 is 2.57 bits per heavy atom. The van der Waals surface area contributed by atoms with Crippen molar-refractivity contribution >= 4 is 17.7 Å². The number of aliphatic hydroxyl groups is 1. The Kier molecular flexibility index (Phi) is 6.87. The summed E-state index contributed by atoms with van der Waals surface area (Å²) in [6.45, 7) is 2.55. The number of hydrogen-bond acceptors (Lipinski definition) is 3. The van der Waals surface area contributed by atoms with Crippen molar-refractivity contribution in [2.24, 2.45) is 11.8 Å². The van der Waals surface area contributed by atoms with E-state index < -0.39 is 5.60 Å². The van der Waals surface area contributed by atoms with E-state index in [2.05, 4.69) is 12.2 Å². The van der Waals surface area contributed by atoms with Gasteiger partial charge in [0.2, 0.25) is 5.91 Å². The number of nitrogens with one attached hydrogen (secondary N) is 1. The molecule has 1 aliphatic heterocycles. The minimum absolute atomic E-state index is 0.134. The summed E-state index contributed by atoms with van der Waals surface area (Å²) in [6.07, 6.45) is 10.2. The summed E-state index contributed by atoms with van der Waals surface area (Å²) in [7, 11) is 0. The van der Waals surface area contributed by atoms with E-state index in [9.17, 15) is 9.90 Å². The third-order valence-electron chi connectivity index (χ3n) is 5.22. The molecule has 2 rings (SSSR count). The highest BCUT2D eigenvalue weighted by Crippen LogP contribution is 2.30. The molecule has 1 amide bonds. The predicted octanol–water partition coefficient (Wildman–Crippen LogP) is 3.36. The highest BCUT2D eigenvalue weighted by atomic mass is 32.2. The maximum absolute atomic E-state index is 12.4. The lowest BCUT2D eigenvalue weighted by molar-refractivity contribution is -0.127. The van der Waals surface area contributed by atoms with E-state index in [0.717, 1.165) is 43.1 Å². The van der Waals surface area contributed by atoms with E-state index in [-0.39, 0.29) is 11.8 Å². The molecule has 0 radical (unpaired) electrons. The second-order valence-electron chi connectivity index (χ2n) is 6.90. The Bertz CT molecular complexity index is 323. The average Bonchev–Trinajstić information content (AvgIpc) is 2.52. The molecule has 2 aliphatic rings. The van der Waals surface area contributed by atoms with Crippen molar-refractivity contribution in [2.75, 3.05) is 18.1 Å². The Labute approximate surface area is 133 Å². The molecule has 1 saturated heterocycles. The van der Waals surface area contributed by atoms with Crippen LogP contribution in [-0.4, -0.2) is 34.7 Å². The lowest BCUT2D eigenvalue weighted by Gasteiger charge is -2.32. The van der Waals surface area contributed by atoms with Gasteiger partial charge in [0.1, 0.15) is 0 Å². The molecule has 1 aliphatic carbocycles. The van der Waals surface area contributed by atoms with Gasteiger partial charge in [0, 0.05) is 12.5 Å². The molecule has 3 nitrogen and oxygen atoms in total. The molecule has 1 heterocycles. The van der Waals surface area contributed by atoms with E-state index >= 15 is 0 Å². The summed E-state index contributed by atoms with van der Waals surface area (Å²) in [5.74, 6) is 3.05. The van der Waals surface area contributed by atoms with Crippen LogP contribution in [0.4, 0.5) is 0 Å². The summed E-state index contributed by atoms with van der Waals surface area (Å²) in [5, 5.41) is 13.5. The third kappa shape index (κ3) is 5.48. The molecule has 1 atom stereocenters. The maximum atomic E-state index is 12.4. The molecule has 1 unspecified atom stereocenters. The first-order chi connectivity index (χ1) is 10.1. The molecule has 0 aromatic carbocycles. The normalized spacial score (nSPS) is 24.5. The lowest BCUT2D eigenvalue weighted by Crippen LogP contribution is -2.46. The van der Waals surface area contributed by atoms with Crippen LogP contribution in [0.15, 0.2) is 0 Å². The molecule has 0 bridgehead atoms. The van der Waals surface area contributed by atoms with E-state index in [1.165, 1.54) is 32.1 Å². The first kappa shape index (κ1) is 17.1. The van der Waals surface area contributed by atoms with Crippen molar-refractivity contribution in [1.82, 2.24) is 5.32 Å². The summed E-state index contributed by atoms with van der Waals surface area (Å²) >= 11 is 1.89. The van der Waals surface area contributed by atoms with Gasteiger partial charge in [-0.1, -0.05) is 39.0 Å². The molecule has 2 fully saturated rings. The van der Waals surface area contributed by atoms with Gasteiger partial charge in [0.05, 0.1) is 5.60 Å². The van der Waals surface area contributed by atoms with Crippen molar-refractivity contribution in [2.45, 2.75) is 70.3 Å². The zero-order chi connectivity index (χ0) is 15.1. The molecule has 2 N–H and O–H groups in total. The van der Waals surface area contributed by atoms with Crippen molar-refractivity contribution in [3.05, 3.63) is 0 Å². The molecule has 4 heteroatoms. The fraction of sp³-hybridized carbons (Fsp3) is 0.941. The SMILES string of the molecule is CCC(CC1CCCCC1)C(=O)NCC1(O)CCSCC1. The standard InChI is InChI=1S/C17H31NO2S/c1-2-15(12-14-6-4-3-5-7-14)16(19)18-13-17(20)8-10-21-11-9-17/h14-15,20H,2-13H2,1H3,(H,18,19). The zero-order valence-corrected chi connectivity index (χ0v) is 14.2. The number of carbonyl (C=O) groups is 1. The van der Waals surface area contributed by atoms with Gasteiger partial charge < -0.3 is 10.4 Å². The van der Waals surface area contributed by atoms with Gasteiger partial charge in [-0.15, -0.1) is 0 Å². The highest BCUT2D eigenvalue weighted by Gasteiger charge is 2.31. The summed E-state index contributed by atoms with van der Waals surface area (Å²) in [6, 6.07) is 0. The van der Waals surface area contributed by atoms with E-state index in [4.69, 9.17) is 0 Å². The molecular formula is C17H31NO2S. The average molecular weight is 314 g/mol. The molecule has 122 valence electrons. The third-order valence-corrected chi connectivity index (χ3v) is 6.21. The van der Waals surface area contributed by atoms with Crippen LogP contribution in [-0.2, 0) is 4.79 Å². The zero-order valence-electron chi connectivity index (χ0n) is 13.4. The Hall–Kier alpha value is -0.220. The van der Waals surface area contributed by atoms with Gasteiger partial charge in [0.15, 0.2) is 0 Å². The quantitative estimate of drug-likeness (QED) is 0.790. The van der Waals surface area contributed by atoms with Gasteiger partial charge in [-0.2, -0.15) is 11.8 Å². The first-order valence-electron chi connectivity index (χ1n) is 8.71. The number of carbonyl (C=O) groups excluding carboxylic acids is 1. The molecular weight excluding hydrogens is 282 g/mol. The summed E-state index contributed by atoms with van der Waals surface area (Å²) in [4.78, 5) is 12.4. The van der Waals surface area contributed by atoms with Crippen molar-refractivity contribution in [1.29, 1.82) is 0 Å². The smallest absolute Gasteiger partial charge is 0.223 e. The van der Waals surface area contributed by atoms with Gasteiger partial charge in [-0.3, -0.25) is 4.79 Å². The number of hydrogen-bond donors (Lipinski definition) is 2. The second-order valence-corrected chi connectivity index (χ2v) is 8.12. The van der Waals surface area contributed by atoms with Gasteiger partial charge in [-0.05, 0) is 43.1 Å². The largest absolute Gasteiger partial charge is 0.388 e. The van der Waals surface area contributed by atoms with E-state index in [0.29, 0.717) is 6.54 Å². The number of thioether (sulfide) groups is 1. The van der Waals surface area contributed by atoms with Crippen molar-refractivity contribution in [3.63, 3.8) is 0 Å². The fourth-order valence-corrected chi connectivity index (χ4v) is 4.86. The highest BCUT2D eigenvalue weighted by molar-refractivity contribution is 7.99. The number of amides is 1. The Balaban J connectivity index is 1.76. The van der Waals surface area contributed by atoms with Crippen LogP contribution in [0.5, 0.6) is 0 Å². The first-order valence-corrected chi connectivity index (χ1v) is 9.86. The van der Waals surface area contributed by atoms with Gasteiger partial charge in [0.25, 0.3) is 0 Å². The lowest BCUT2D eigenvalue weighted by atomic mass is 9.81. The van der Waals surface area contributed by atoms with Gasteiger partial charge in [-0.25, -0.2) is 0 Å². The van der Waals surface area contributed by atoms with Crippen LogP contribution >= 0.6 is 11.8 Å². The van der Waals surface area contributed by atoms with Gasteiger partial charge >= 0.3 is 0 Å². The second kappa shape index (κ2) is 8.42. The van der Waals surface area contributed by atoms with Crippen LogP contribution in [0.25, 0.3) is 0 Å². The minimum atomic E-state index is -0.663. The van der Waals surface area contributed by atoms with E-state index in [1.807, 2.05) is 11.8 Å². The monoisotopic (exact) mass is 313 g/mol. The summed E-state index contributed by atoms with van der Waals surface area (Å²) in [5.41, 5.74) is -0.663. The topological polar surface area (TPSA) is 49.3 Å². The molecule has 0 aromatic heterocycles. The van der Waals surface area contributed by atoms with Crippen LogP contribution < -0.4 is 5.32 Å². The maximum Gasteiger partial charge on any atom is 0.223 e. The van der Waals surface area contributed by atoms with Crippen LogP contribution in [0.3, 0.4) is 0 Å². The minimum Gasteiger partial charge on any atom is -0.388 e. The predicted molar refractivity (Wildman–Crippen MR) is 89.5 cm³/mol. The fourth-order valence-electron chi connectivity index (χ4n) is 3.61. The van der Waals surface area contributed by atoms with Crippen molar-refractivity contribution < 1.29 is 9.90 Å². The van der Waals surface area contributed by atoms with Crippen molar-refractivity contribution in [3.8, 4) is 0 Å². The van der Waals surface area contributed by atoms with E-state index in [1.54, 1.807) is 0 Å². The van der Waals surface area contributed by atoms with Crippen LogP contribution in [0.2, 0.25) is 0 Å². The Morgan fingerprint density at radius 1 is 1.29 bits per heavy atom. The molecule has 1 saturated carbocycles.